The number of fused-ring (bicyclic) bond motifs is 4. The first kappa shape index (κ1) is 30.4. The van der Waals surface area contributed by atoms with E-state index in [0.29, 0.717) is 23.2 Å². The van der Waals surface area contributed by atoms with E-state index in [2.05, 4.69) is 36.6 Å². The Balaban J connectivity index is 1.36. The van der Waals surface area contributed by atoms with Crippen molar-refractivity contribution in [2.45, 2.75) is 58.1 Å². The van der Waals surface area contributed by atoms with Crippen LogP contribution in [-0.4, -0.2) is 47.0 Å². The normalized spacial score (nSPS) is 21.3. The molecule has 1 aliphatic carbocycles. The molecule has 7 rings (SSSR count). The van der Waals surface area contributed by atoms with Crippen molar-refractivity contribution in [2.75, 3.05) is 0 Å². The van der Waals surface area contributed by atoms with Crippen LogP contribution in [0.2, 0.25) is 0 Å². The van der Waals surface area contributed by atoms with Crippen LogP contribution >= 0.6 is 0 Å². The minimum atomic E-state index is -0.977. The number of carbonyl (C=O) groups excluding carboxylic acids is 2. The van der Waals surface area contributed by atoms with Crippen molar-refractivity contribution in [3.8, 4) is 11.3 Å². The first-order valence-corrected chi connectivity index (χ1v) is 16.0. The van der Waals surface area contributed by atoms with E-state index in [-0.39, 0.29) is 30.6 Å². The number of aliphatic hydroxyl groups is 1. The second-order valence-corrected chi connectivity index (χ2v) is 13.2. The van der Waals surface area contributed by atoms with Crippen molar-refractivity contribution < 1.29 is 14.7 Å². The van der Waals surface area contributed by atoms with Gasteiger partial charge in [0.2, 0.25) is 0 Å². The summed E-state index contributed by atoms with van der Waals surface area (Å²) in [5, 5.41) is 17.1. The van der Waals surface area contributed by atoms with Crippen molar-refractivity contribution in [1.82, 2.24) is 24.5 Å². The lowest BCUT2D eigenvalue weighted by atomic mass is 9.58. The monoisotopic (exact) mass is 623 g/mol. The molecule has 8 nitrogen and oxygen atoms in total. The molecule has 1 fully saturated rings. The van der Waals surface area contributed by atoms with Crippen LogP contribution < -0.4 is 0 Å². The van der Waals surface area contributed by atoms with E-state index in [1.54, 1.807) is 34.9 Å². The number of pyridine rings is 1. The number of nitrogens with zero attached hydrogens (tertiary/aromatic N) is 5. The quantitative estimate of drug-likeness (QED) is 0.142. The molecule has 0 bridgehead atoms. The third-order valence-electron chi connectivity index (χ3n) is 9.36. The average molecular weight is 624 g/mol. The van der Waals surface area contributed by atoms with Crippen molar-refractivity contribution in [2.24, 2.45) is 5.92 Å². The Morgan fingerprint density at radius 1 is 1.04 bits per heavy atom. The molecule has 1 saturated carbocycles. The second-order valence-electron chi connectivity index (χ2n) is 13.2. The Kier molecular flexibility index (Phi) is 7.28. The van der Waals surface area contributed by atoms with Crippen LogP contribution in [0.15, 0.2) is 97.7 Å². The number of aryl methyl sites for hydroxylation is 1. The maximum absolute atomic E-state index is 13.8. The van der Waals surface area contributed by atoms with E-state index in [0.717, 1.165) is 44.7 Å². The maximum Gasteiger partial charge on any atom is 0.262 e. The molecule has 1 N–H and O–H groups in total. The van der Waals surface area contributed by atoms with Crippen LogP contribution in [0.4, 0.5) is 0 Å². The highest BCUT2D eigenvalue weighted by molar-refractivity contribution is 6.22. The van der Waals surface area contributed by atoms with E-state index in [4.69, 9.17) is 4.98 Å². The lowest BCUT2D eigenvalue weighted by molar-refractivity contribution is -0.140. The minimum absolute atomic E-state index is 0.260. The zero-order valence-corrected chi connectivity index (χ0v) is 27.1. The van der Waals surface area contributed by atoms with Crippen LogP contribution in [0.3, 0.4) is 0 Å². The van der Waals surface area contributed by atoms with Crippen molar-refractivity contribution in [1.29, 1.82) is 0 Å². The van der Waals surface area contributed by atoms with Gasteiger partial charge in [0.1, 0.15) is 0 Å². The Hall–Kier alpha value is -5.21. The molecule has 0 spiro atoms. The third kappa shape index (κ3) is 4.91. The molecule has 0 unspecified atom stereocenters. The standard InChI is InChI=1S/C39H37N5O3/c1-6-8-11-26(7-2)32-19-28-21-40-33-18-25(5)42-44(33)35(28)41-34(32)27-14-16-29(17-15-27)39(22-38(47,23-39)20-24(3)4)43-36(45)30-12-9-10-13-31(30)37(43)46/h6-19,21,24,47H,1,20,22-23H2,2-5H3/b11-8-,26-7+. The van der Waals surface area contributed by atoms with Gasteiger partial charge in [-0.05, 0) is 55.5 Å². The van der Waals surface area contributed by atoms with Crippen molar-refractivity contribution in [3.05, 3.63) is 126 Å². The molecule has 2 aromatic carbocycles. The molecule has 8 heteroatoms. The predicted octanol–water partition coefficient (Wildman–Crippen LogP) is 7.46. The fourth-order valence-electron chi connectivity index (χ4n) is 7.56. The molecule has 0 radical (unpaired) electrons. The number of imide groups is 1. The molecule has 2 amide bonds. The van der Waals surface area contributed by atoms with Gasteiger partial charge >= 0.3 is 0 Å². The molecule has 2 aliphatic rings. The summed E-state index contributed by atoms with van der Waals surface area (Å²) in [5.74, 6) is -0.381. The number of benzene rings is 2. The van der Waals surface area contributed by atoms with Gasteiger partial charge < -0.3 is 5.11 Å². The van der Waals surface area contributed by atoms with Gasteiger partial charge in [0, 0.05) is 41.6 Å². The third-order valence-corrected chi connectivity index (χ3v) is 9.36. The highest BCUT2D eigenvalue weighted by Gasteiger charge is 2.62. The van der Waals surface area contributed by atoms with Gasteiger partial charge in [0.15, 0.2) is 11.3 Å². The van der Waals surface area contributed by atoms with Crippen LogP contribution in [0.1, 0.15) is 77.6 Å². The van der Waals surface area contributed by atoms with Gasteiger partial charge in [-0.15, -0.1) is 0 Å². The molecule has 3 aromatic heterocycles. The van der Waals surface area contributed by atoms with Gasteiger partial charge in [0.25, 0.3) is 11.8 Å². The molecule has 47 heavy (non-hydrogen) atoms. The molecular weight excluding hydrogens is 586 g/mol. The van der Waals surface area contributed by atoms with Gasteiger partial charge in [-0.25, -0.2) is 9.97 Å². The molecular formula is C39H37N5O3. The highest BCUT2D eigenvalue weighted by atomic mass is 16.3. The van der Waals surface area contributed by atoms with Gasteiger partial charge in [-0.3, -0.25) is 14.5 Å². The summed E-state index contributed by atoms with van der Waals surface area (Å²) < 4.78 is 1.77. The first-order chi connectivity index (χ1) is 22.6. The van der Waals surface area contributed by atoms with Crippen LogP contribution in [-0.2, 0) is 5.54 Å². The number of aromatic nitrogens is 4. The second kappa shape index (κ2) is 11.2. The summed E-state index contributed by atoms with van der Waals surface area (Å²) >= 11 is 0. The summed E-state index contributed by atoms with van der Waals surface area (Å²) in [5.41, 5.74) is 5.42. The van der Waals surface area contributed by atoms with Crippen molar-refractivity contribution >= 4 is 34.1 Å². The van der Waals surface area contributed by atoms with Gasteiger partial charge in [0.05, 0.1) is 33.7 Å². The Morgan fingerprint density at radius 3 is 2.34 bits per heavy atom. The average Bonchev–Trinajstić information content (AvgIpc) is 3.55. The first-order valence-electron chi connectivity index (χ1n) is 16.0. The highest BCUT2D eigenvalue weighted by Crippen LogP contribution is 2.56. The van der Waals surface area contributed by atoms with Crippen LogP contribution in [0, 0.1) is 12.8 Å². The zero-order valence-electron chi connectivity index (χ0n) is 27.1. The number of carbonyl (C=O) groups is 2. The minimum Gasteiger partial charge on any atom is -0.390 e. The zero-order chi connectivity index (χ0) is 33.1. The van der Waals surface area contributed by atoms with E-state index < -0.39 is 11.1 Å². The van der Waals surface area contributed by atoms with E-state index in [1.807, 2.05) is 68.6 Å². The smallest absolute Gasteiger partial charge is 0.262 e. The van der Waals surface area contributed by atoms with Crippen LogP contribution in [0.25, 0.3) is 33.5 Å². The molecule has 0 atom stereocenters. The fraction of sp³-hybridized carbons (Fsp3) is 0.256. The Labute approximate surface area is 273 Å². The lowest BCUT2D eigenvalue weighted by Crippen LogP contribution is -2.64. The number of amides is 2. The number of rotatable bonds is 8. The fourth-order valence-corrected chi connectivity index (χ4v) is 7.56. The largest absolute Gasteiger partial charge is 0.390 e. The number of hydrogen-bond donors (Lipinski definition) is 1. The van der Waals surface area contributed by atoms with Gasteiger partial charge in [-0.1, -0.05) is 81.1 Å². The van der Waals surface area contributed by atoms with Crippen LogP contribution in [0.5, 0.6) is 0 Å². The van der Waals surface area contributed by atoms with E-state index >= 15 is 0 Å². The molecule has 4 heterocycles. The lowest BCUT2D eigenvalue weighted by Gasteiger charge is -2.57. The number of allylic oxidation sites excluding steroid dienone is 5. The summed E-state index contributed by atoms with van der Waals surface area (Å²) in [6, 6.07) is 18.9. The SMILES string of the molecule is C=C/C=C\C(=C/C)c1cc2cnc3cc(C)nn3c2nc1-c1ccc(C2(N3C(=O)c4ccccc4C3=O)CC(O)(CC(C)C)C2)cc1. The molecule has 5 aromatic rings. The predicted molar refractivity (Wildman–Crippen MR) is 184 cm³/mol. The molecule has 0 saturated heterocycles. The maximum atomic E-state index is 13.8. The number of hydrogen-bond acceptors (Lipinski definition) is 6. The van der Waals surface area contributed by atoms with E-state index in [9.17, 15) is 14.7 Å². The topological polar surface area (TPSA) is 101 Å². The molecule has 1 aliphatic heterocycles. The van der Waals surface area contributed by atoms with Gasteiger partial charge in [-0.2, -0.15) is 9.61 Å². The summed E-state index contributed by atoms with van der Waals surface area (Å²) in [4.78, 5) is 38.8. The Morgan fingerprint density at radius 2 is 1.72 bits per heavy atom. The summed E-state index contributed by atoms with van der Waals surface area (Å²) in [7, 11) is 0. The Bertz CT molecular complexity index is 2110. The summed E-state index contributed by atoms with van der Waals surface area (Å²) in [6.07, 6.45) is 10.6. The van der Waals surface area contributed by atoms with Crippen molar-refractivity contribution in [3.63, 3.8) is 0 Å². The van der Waals surface area contributed by atoms with E-state index in [1.165, 1.54) is 4.90 Å². The summed E-state index contributed by atoms with van der Waals surface area (Å²) in [6.45, 7) is 11.9. The molecule has 236 valence electrons.